The number of nitrogens with one attached hydrogen (secondary N) is 1. The van der Waals surface area contributed by atoms with Gasteiger partial charge in [0.2, 0.25) is 5.91 Å². The van der Waals surface area contributed by atoms with E-state index in [4.69, 9.17) is 4.74 Å². The fourth-order valence-electron chi connectivity index (χ4n) is 4.03. The molecule has 0 saturated carbocycles. The lowest BCUT2D eigenvalue weighted by molar-refractivity contribution is -0.143. The summed E-state index contributed by atoms with van der Waals surface area (Å²) in [5.74, 6) is -0.0450. The van der Waals surface area contributed by atoms with E-state index >= 15 is 0 Å². The van der Waals surface area contributed by atoms with E-state index in [9.17, 15) is 14.0 Å². The monoisotopic (exact) mass is 490 g/mol. The summed E-state index contributed by atoms with van der Waals surface area (Å²) in [4.78, 5) is 28.5. The first-order valence-electron chi connectivity index (χ1n) is 12.3. The number of ether oxygens (including phenoxy) is 1. The van der Waals surface area contributed by atoms with Crippen LogP contribution in [0.4, 0.5) is 4.39 Å². The summed E-state index contributed by atoms with van der Waals surface area (Å²) in [6, 6.07) is 22.4. The maximum Gasteiger partial charge on any atom is 0.261 e. The predicted molar refractivity (Wildman–Crippen MR) is 140 cm³/mol. The van der Waals surface area contributed by atoms with Gasteiger partial charge in [-0.15, -0.1) is 0 Å². The molecule has 3 aromatic carbocycles. The lowest BCUT2D eigenvalue weighted by Gasteiger charge is -2.32. The maximum absolute atomic E-state index is 13.6. The molecule has 6 heteroatoms. The zero-order chi connectivity index (χ0) is 26.1. The predicted octanol–water partition coefficient (Wildman–Crippen LogP) is 5.49. The lowest BCUT2D eigenvalue weighted by atomic mass is 10.0. The van der Waals surface area contributed by atoms with Gasteiger partial charge in [0.15, 0.2) is 6.61 Å². The minimum Gasteiger partial charge on any atom is -0.483 e. The number of carbonyl (C=O) groups is 2. The molecule has 3 rings (SSSR count). The molecule has 5 nitrogen and oxygen atoms in total. The van der Waals surface area contributed by atoms with Crippen LogP contribution in [0.5, 0.6) is 5.75 Å². The highest BCUT2D eigenvalue weighted by molar-refractivity contribution is 5.88. The van der Waals surface area contributed by atoms with Crippen molar-refractivity contribution in [3.05, 3.63) is 101 Å². The van der Waals surface area contributed by atoms with Crippen molar-refractivity contribution in [1.29, 1.82) is 0 Å². The van der Waals surface area contributed by atoms with E-state index in [0.29, 0.717) is 12.2 Å². The highest BCUT2D eigenvalue weighted by atomic mass is 19.1. The van der Waals surface area contributed by atoms with Crippen LogP contribution in [-0.4, -0.2) is 35.4 Å². The number of para-hydroxylation sites is 1. The molecule has 190 valence electrons. The van der Waals surface area contributed by atoms with E-state index < -0.39 is 6.04 Å². The van der Waals surface area contributed by atoms with Gasteiger partial charge < -0.3 is 15.0 Å². The smallest absolute Gasteiger partial charge is 0.261 e. The van der Waals surface area contributed by atoms with Crippen molar-refractivity contribution in [2.24, 2.45) is 0 Å². The Morgan fingerprint density at radius 3 is 2.14 bits per heavy atom. The SMILES string of the molecule is CC(C)NC(=O)[C@H](Cc1ccccc1)N(Cc1ccc(F)cc1)C(=O)COc1ccccc1C(C)C. The second kappa shape index (κ2) is 12.9. The molecule has 3 aromatic rings. The van der Waals surface area contributed by atoms with Crippen LogP contribution in [0.1, 0.15) is 50.3 Å². The van der Waals surface area contributed by atoms with E-state index in [1.807, 2.05) is 68.4 Å². The van der Waals surface area contributed by atoms with Crippen molar-refractivity contribution in [2.45, 2.75) is 58.7 Å². The molecular formula is C30H35FN2O3. The molecule has 0 aliphatic carbocycles. The first kappa shape index (κ1) is 26.9. The number of hydrogen-bond donors (Lipinski definition) is 1. The molecular weight excluding hydrogens is 455 g/mol. The van der Waals surface area contributed by atoms with Crippen LogP contribution in [0.2, 0.25) is 0 Å². The molecule has 36 heavy (non-hydrogen) atoms. The molecule has 0 aromatic heterocycles. The van der Waals surface area contributed by atoms with Gasteiger partial charge in [-0.1, -0.05) is 74.5 Å². The molecule has 1 atom stereocenters. The zero-order valence-electron chi connectivity index (χ0n) is 21.4. The van der Waals surface area contributed by atoms with Gasteiger partial charge >= 0.3 is 0 Å². The molecule has 1 N–H and O–H groups in total. The summed E-state index contributed by atoms with van der Waals surface area (Å²) in [5.41, 5.74) is 2.67. The van der Waals surface area contributed by atoms with Gasteiger partial charge in [-0.05, 0) is 54.7 Å². The Morgan fingerprint density at radius 2 is 1.50 bits per heavy atom. The van der Waals surface area contributed by atoms with Crippen LogP contribution in [0.25, 0.3) is 0 Å². The average Bonchev–Trinajstić information content (AvgIpc) is 2.86. The normalized spacial score (nSPS) is 11.9. The van der Waals surface area contributed by atoms with Gasteiger partial charge in [-0.25, -0.2) is 4.39 Å². The van der Waals surface area contributed by atoms with Gasteiger partial charge in [0.25, 0.3) is 5.91 Å². The van der Waals surface area contributed by atoms with Crippen molar-refractivity contribution in [1.82, 2.24) is 10.2 Å². The van der Waals surface area contributed by atoms with Crippen molar-refractivity contribution in [3.8, 4) is 5.75 Å². The number of rotatable bonds is 11. The lowest BCUT2D eigenvalue weighted by Crippen LogP contribution is -2.52. The number of nitrogens with zero attached hydrogens (tertiary/aromatic N) is 1. The molecule has 0 radical (unpaired) electrons. The van der Waals surface area contributed by atoms with Crippen molar-refractivity contribution in [2.75, 3.05) is 6.61 Å². The molecule has 0 unspecified atom stereocenters. The summed E-state index contributed by atoms with van der Waals surface area (Å²) >= 11 is 0. The number of amides is 2. The van der Waals surface area contributed by atoms with Gasteiger partial charge in [-0.3, -0.25) is 9.59 Å². The summed E-state index contributed by atoms with van der Waals surface area (Å²) < 4.78 is 19.5. The van der Waals surface area contributed by atoms with E-state index in [0.717, 1.165) is 16.7 Å². The van der Waals surface area contributed by atoms with E-state index in [1.54, 1.807) is 12.1 Å². The van der Waals surface area contributed by atoms with Crippen LogP contribution in [0.3, 0.4) is 0 Å². The third-order valence-corrected chi connectivity index (χ3v) is 5.86. The van der Waals surface area contributed by atoms with Crippen molar-refractivity contribution < 1.29 is 18.7 Å². The molecule has 0 fully saturated rings. The zero-order valence-corrected chi connectivity index (χ0v) is 21.4. The Kier molecular flexibility index (Phi) is 9.62. The van der Waals surface area contributed by atoms with Gasteiger partial charge in [0.05, 0.1) is 0 Å². The Bertz CT molecular complexity index is 1130. The van der Waals surface area contributed by atoms with Gasteiger partial charge in [-0.2, -0.15) is 0 Å². The third-order valence-electron chi connectivity index (χ3n) is 5.86. The summed E-state index contributed by atoms with van der Waals surface area (Å²) in [6.45, 7) is 7.83. The van der Waals surface area contributed by atoms with E-state index in [1.165, 1.54) is 17.0 Å². The standard InChI is InChI=1S/C30H35FN2O3/c1-21(2)26-12-8-9-13-28(26)36-20-29(34)33(19-24-14-16-25(31)17-15-24)27(30(35)32-22(3)4)18-23-10-6-5-7-11-23/h5-17,21-22,27H,18-20H2,1-4H3,(H,32,35)/t27-/m0/s1. The summed E-state index contributed by atoms with van der Waals surface area (Å²) in [6.07, 6.45) is 0.342. The Labute approximate surface area is 213 Å². The molecule has 0 heterocycles. The van der Waals surface area contributed by atoms with Crippen LogP contribution in [0, 0.1) is 5.82 Å². The fraction of sp³-hybridized carbons (Fsp3) is 0.333. The van der Waals surface area contributed by atoms with E-state index in [-0.39, 0.29) is 42.7 Å². The largest absolute Gasteiger partial charge is 0.483 e. The third kappa shape index (κ3) is 7.67. The molecule has 0 aliphatic heterocycles. The van der Waals surface area contributed by atoms with Crippen LogP contribution in [0.15, 0.2) is 78.9 Å². The highest BCUT2D eigenvalue weighted by Gasteiger charge is 2.31. The quantitative estimate of drug-likeness (QED) is 0.387. The first-order valence-corrected chi connectivity index (χ1v) is 12.3. The van der Waals surface area contributed by atoms with Crippen molar-refractivity contribution in [3.63, 3.8) is 0 Å². The Morgan fingerprint density at radius 1 is 0.861 bits per heavy atom. The Hall–Kier alpha value is -3.67. The first-order chi connectivity index (χ1) is 17.2. The van der Waals surface area contributed by atoms with Gasteiger partial charge in [0.1, 0.15) is 17.6 Å². The van der Waals surface area contributed by atoms with Crippen molar-refractivity contribution >= 4 is 11.8 Å². The molecule has 2 amide bonds. The second-order valence-electron chi connectivity index (χ2n) is 9.50. The number of benzene rings is 3. The fourth-order valence-corrected chi connectivity index (χ4v) is 4.03. The molecule has 0 spiro atoms. The Balaban J connectivity index is 1.92. The second-order valence-corrected chi connectivity index (χ2v) is 9.50. The minimum atomic E-state index is -0.767. The maximum atomic E-state index is 13.6. The summed E-state index contributed by atoms with van der Waals surface area (Å²) in [5, 5.41) is 2.96. The van der Waals surface area contributed by atoms with Crippen LogP contribution < -0.4 is 10.1 Å². The van der Waals surface area contributed by atoms with E-state index in [2.05, 4.69) is 19.2 Å². The number of carbonyl (C=O) groups excluding carboxylic acids is 2. The topological polar surface area (TPSA) is 58.6 Å². The molecule has 0 bridgehead atoms. The molecule has 0 aliphatic rings. The average molecular weight is 491 g/mol. The van der Waals surface area contributed by atoms with Crippen LogP contribution in [-0.2, 0) is 22.6 Å². The number of hydrogen-bond acceptors (Lipinski definition) is 3. The van der Waals surface area contributed by atoms with Gasteiger partial charge in [0, 0.05) is 19.0 Å². The summed E-state index contributed by atoms with van der Waals surface area (Å²) in [7, 11) is 0. The minimum absolute atomic E-state index is 0.0901. The highest BCUT2D eigenvalue weighted by Crippen LogP contribution is 2.26. The van der Waals surface area contributed by atoms with Crippen LogP contribution >= 0.6 is 0 Å². The number of halogens is 1. The molecule has 0 saturated heterocycles.